The van der Waals surface area contributed by atoms with Gasteiger partial charge in [-0.05, 0) is 11.8 Å². The van der Waals surface area contributed by atoms with E-state index < -0.39 is 0 Å². The zero-order valence-corrected chi connectivity index (χ0v) is 8.84. The summed E-state index contributed by atoms with van der Waals surface area (Å²) in [7, 11) is 0. The number of likely N-dealkylation sites (tertiary alicyclic amines) is 1. The first kappa shape index (κ1) is 10.5. The molecule has 3 heteroatoms. The summed E-state index contributed by atoms with van der Waals surface area (Å²) in [5, 5.41) is 0. The topological polar surface area (TPSA) is 46.3 Å². The molecule has 2 N–H and O–H groups in total. The molecular weight excluding hydrogens is 164 g/mol. The van der Waals surface area contributed by atoms with Gasteiger partial charge in [0.15, 0.2) is 0 Å². The lowest BCUT2D eigenvalue weighted by atomic mass is 9.92. The van der Waals surface area contributed by atoms with E-state index in [1.165, 1.54) is 0 Å². The Morgan fingerprint density at radius 2 is 2.15 bits per heavy atom. The van der Waals surface area contributed by atoms with Crippen molar-refractivity contribution in [3.63, 3.8) is 0 Å². The van der Waals surface area contributed by atoms with Gasteiger partial charge in [-0.15, -0.1) is 0 Å². The number of nitrogens with zero attached hydrogens (tertiary/aromatic N) is 1. The third kappa shape index (κ3) is 3.35. The molecule has 1 aliphatic rings. The van der Waals surface area contributed by atoms with E-state index in [-0.39, 0.29) is 17.4 Å². The molecule has 0 spiro atoms. The molecule has 1 unspecified atom stereocenters. The average Bonchev–Trinajstić information content (AvgIpc) is 2.31. The lowest BCUT2D eigenvalue weighted by Gasteiger charge is -2.22. The van der Waals surface area contributed by atoms with Crippen molar-refractivity contribution in [2.45, 2.75) is 39.7 Å². The van der Waals surface area contributed by atoms with E-state index in [1.807, 2.05) is 4.90 Å². The van der Waals surface area contributed by atoms with E-state index >= 15 is 0 Å². The SMILES string of the molecule is CC(C)(C)CC(=O)N1CCC(N)C1. The molecule has 1 heterocycles. The minimum Gasteiger partial charge on any atom is -0.341 e. The Morgan fingerprint density at radius 1 is 1.54 bits per heavy atom. The summed E-state index contributed by atoms with van der Waals surface area (Å²) in [6.45, 7) is 7.84. The molecule has 1 amide bonds. The van der Waals surface area contributed by atoms with Crippen molar-refractivity contribution in [2.75, 3.05) is 13.1 Å². The molecular formula is C10H20N2O. The molecule has 1 saturated heterocycles. The fourth-order valence-electron chi connectivity index (χ4n) is 1.58. The van der Waals surface area contributed by atoms with Gasteiger partial charge in [0.05, 0.1) is 0 Å². The van der Waals surface area contributed by atoms with Crippen LogP contribution in [0.3, 0.4) is 0 Å². The highest BCUT2D eigenvalue weighted by Gasteiger charge is 2.26. The van der Waals surface area contributed by atoms with E-state index in [2.05, 4.69) is 20.8 Å². The summed E-state index contributed by atoms with van der Waals surface area (Å²) >= 11 is 0. The monoisotopic (exact) mass is 184 g/mol. The van der Waals surface area contributed by atoms with Crippen LogP contribution in [0.1, 0.15) is 33.6 Å². The molecule has 0 aliphatic carbocycles. The van der Waals surface area contributed by atoms with Gasteiger partial charge in [-0.1, -0.05) is 20.8 Å². The molecule has 13 heavy (non-hydrogen) atoms. The molecule has 1 rings (SSSR count). The van der Waals surface area contributed by atoms with Crippen molar-refractivity contribution in [1.29, 1.82) is 0 Å². The fourth-order valence-corrected chi connectivity index (χ4v) is 1.58. The zero-order valence-electron chi connectivity index (χ0n) is 8.84. The second-order valence-electron chi connectivity index (χ2n) is 5.13. The van der Waals surface area contributed by atoms with Gasteiger partial charge in [-0.2, -0.15) is 0 Å². The maximum Gasteiger partial charge on any atom is 0.223 e. The molecule has 0 radical (unpaired) electrons. The Labute approximate surface area is 80.3 Å². The summed E-state index contributed by atoms with van der Waals surface area (Å²) in [6.07, 6.45) is 1.58. The predicted molar refractivity (Wildman–Crippen MR) is 53.2 cm³/mol. The lowest BCUT2D eigenvalue weighted by Crippen LogP contribution is -2.33. The summed E-state index contributed by atoms with van der Waals surface area (Å²) in [5.41, 5.74) is 5.82. The van der Waals surface area contributed by atoms with Gasteiger partial charge in [0.25, 0.3) is 0 Å². The standard InChI is InChI=1S/C10H20N2O/c1-10(2,3)6-9(13)12-5-4-8(11)7-12/h8H,4-7,11H2,1-3H3. The summed E-state index contributed by atoms with van der Waals surface area (Å²) in [4.78, 5) is 13.6. The average molecular weight is 184 g/mol. The van der Waals surface area contributed by atoms with Crippen LogP contribution in [-0.4, -0.2) is 29.9 Å². The Kier molecular flexibility index (Phi) is 2.96. The largest absolute Gasteiger partial charge is 0.341 e. The minimum atomic E-state index is 0.0871. The number of hydrogen-bond acceptors (Lipinski definition) is 2. The van der Waals surface area contributed by atoms with E-state index in [1.54, 1.807) is 0 Å². The summed E-state index contributed by atoms with van der Waals surface area (Å²) in [5.74, 6) is 0.250. The molecule has 0 aromatic rings. The molecule has 1 aliphatic heterocycles. The Balaban J connectivity index is 2.41. The van der Waals surface area contributed by atoms with Crippen LogP contribution in [0.15, 0.2) is 0 Å². The van der Waals surface area contributed by atoms with Gasteiger partial charge in [0.2, 0.25) is 5.91 Å². The molecule has 76 valence electrons. The maximum atomic E-state index is 11.7. The third-order valence-electron chi connectivity index (χ3n) is 2.26. The van der Waals surface area contributed by atoms with Gasteiger partial charge >= 0.3 is 0 Å². The van der Waals surface area contributed by atoms with Crippen LogP contribution in [0.25, 0.3) is 0 Å². The van der Waals surface area contributed by atoms with E-state index in [0.29, 0.717) is 6.42 Å². The molecule has 1 atom stereocenters. The van der Waals surface area contributed by atoms with Crippen molar-refractivity contribution in [3.05, 3.63) is 0 Å². The van der Waals surface area contributed by atoms with Crippen molar-refractivity contribution in [3.8, 4) is 0 Å². The van der Waals surface area contributed by atoms with Crippen LogP contribution in [0.5, 0.6) is 0 Å². The number of amides is 1. The van der Waals surface area contributed by atoms with Crippen molar-refractivity contribution in [2.24, 2.45) is 11.1 Å². The number of rotatable bonds is 1. The summed E-state index contributed by atoms with van der Waals surface area (Å²) in [6, 6.07) is 0.198. The molecule has 0 aromatic heterocycles. The van der Waals surface area contributed by atoms with Gasteiger partial charge in [-0.25, -0.2) is 0 Å². The van der Waals surface area contributed by atoms with Crippen LogP contribution < -0.4 is 5.73 Å². The van der Waals surface area contributed by atoms with Crippen molar-refractivity contribution < 1.29 is 4.79 Å². The smallest absolute Gasteiger partial charge is 0.223 e. The van der Waals surface area contributed by atoms with Crippen LogP contribution in [0.2, 0.25) is 0 Å². The maximum absolute atomic E-state index is 11.7. The molecule has 1 fully saturated rings. The molecule has 0 aromatic carbocycles. The highest BCUT2D eigenvalue weighted by Crippen LogP contribution is 2.21. The Bertz CT molecular complexity index is 196. The number of hydrogen-bond donors (Lipinski definition) is 1. The third-order valence-corrected chi connectivity index (χ3v) is 2.26. The van der Waals surface area contributed by atoms with Crippen LogP contribution in [0.4, 0.5) is 0 Å². The van der Waals surface area contributed by atoms with Crippen molar-refractivity contribution >= 4 is 5.91 Å². The lowest BCUT2D eigenvalue weighted by molar-refractivity contribution is -0.132. The second kappa shape index (κ2) is 3.66. The van der Waals surface area contributed by atoms with Crippen LogP contribution in [-0.2, 0) is 4.79 Å². The second-order valence-corrected chi connectivity index (χ2v) is 5.13. The highest BCUT2D eigenvalue weighted by molar-refractivity contribution is 5.77. The first-order chi connectivity index (χ1) is 5.88. The number of nitrogens with two attached hydrogens (primary N) is 1. The van der Waals surface area contributed by atoms with Gasteiger partial charge in [0, 0.05) is 25.6 Å². The Morgan fingerprint density at radius 3 is 2.54 bits per heavy atom. The number of carbonyl (C=O) groups excluding carboxylic acids is 1. The normalized spacial score (nSPS) is 23.7. The number of carbonyl (C=O) groups is 1. The first-order valence-corrected chi connectivity index (χ1v) is 4.92. The van der Waals surface area contributed by atoms with Gasteiger partial charge in [0.1, 0.15) is 0 Å². The Hall–Kier alpha value is -0.570. The van der Waals surface area contributed by atoms with Crippen LogP contribution >= 0.6 is 0 Å². The highest BCUT2D eigenvalue weighted by atomic mass is 16.2. The van der Waals surface area contributed by atoms with E-state index in [9.17, 15) is 4.79 Å². The van der Waals surface area contributed by atoms with Crippen LogP contribution in [0, 0.1) is 5.41 Å². The van der Waals surface area contributed by atoms with Gasteiger partial charge < -0.3 is 10.6 Å². The zero-order chi connectivity index (χ0) is 10.1. The minimum absolute atomic E-state index is 0.0871. The predicted octanol–water partition coefficient (Wildman–Crippen LogP) is 0.982. The van der Waals surface area contributed by atoms with Crippen molar-refractivity contribution in [1.82, 2.24) is 4.90 Å². The first-order valence-electron chi connectivity index (χ1n) is 4.92. The van der Waals surface area contributed by atoms with E-state index in [0.717, 1.165) is 19.5 Å². The van der Waals surface area contributed by atoms with Gasteiger partial charge in [-0.3, -0.25) is 4.79 Å². The molecule has 0 bridgehead atoms. The van der Waals surface area contributed by atoms with E-state index in [4.69, 9.17) is 5.73 Å². The molecule has 0 saturated carbocycles. The quantitative estimate of drug-likeness (QED) is 0.660. The fraction of sp³-hybridized carbons (Fsp3) is 0.900. The summed E-state index contributed by atoms with van der Waals surface area (Å²) < 4.78 is 0. The molecule has 3 nitrogen and oxygen atoms in total.